The summed E-state index contributed by atoms with van der Waals surface area (Å²) in [5.74, 6) is -0.131. The summed E-state index contributed by atoms with van der Waals surface area (Å²) in [6, 6.07) is 15.9. The molecule has 0 aromatic heterocycles. The van der Waals surface area contributed by atoms with E-state index < -0.39 is 10.1 Å². The second-order valence-electron chi connectivity index (χ2n) is 4.08. The average Bonchev–Trinajstić information content (AvgIpc) is 2.37. The molecule has 0 aliphatic heterocycles. The third-order valence-corrected chi connectivity index (χ3v) is 3.88. The Kier molecular flexibility index (Phi) is 4.58. The van der Waals surface area contributed by atoms with Gasteiger partial charge in [0.1, 0.15) is 5.75 Å². The molecule has 0 aliphatic carbocycles. The first-order chi connectivity index (χ1) is 9.05. The van der Waals surface area contributed by atoms with Gasteiger partial charge in [-0.05, 0) is 23.3 Å². The highest BCUT2D eigenvalue weighted by Crippen LogP contribution is 2.14. The Hall–Kier alpha value is -1.36. The van der Waals surface area contributed by atoms with Gasteiger partial charge in [-0.3, -0.25) is 4.18 Å². The smallest absolute Gasteiger partial charge is 0.265 e. The van der Waals surface area contributed by atoms with Crippen LogP contribution in [0.4, 0.5) is 0 Å². The minimum atomic E-state index is -3.59. The van der Waals surface area contributed by atoms with Gasteiger partial charge in [0.05, 0.1) is 6.61 Å². The molecule has 2 aromatic carbocycles. The number of halogens is 1. The van der Waals surface area contributed by atoms with E-state index in [1.54, 1.807) is 48.5 Å². The maximum atomic E-state index is 11.8. The van der Waals surface area contributed by atoms with Crippen LogP contribution in [-0.2, 0) is 26.7 Å². The van der Waals surface area contributed by atoms with Crippen molar-refractivity contribution in [2.24, 2.45) is 0 Å². The number of hydrogen-bond donors (Lipinski definition) is 0. The van der Waals surface area contributed by atoms with Gasteiger partial charge >= 0.3 is 0 Å². The van der Waals surface area contributed by atoms with Crippen molar-refractivity contribution in [2.45, 2.75) is 12.4 Å². The van der Waals surface area contributed by atoms with E-state index in [1.807, 2.05) is 6.07 Å². The highest BCUT2D eigenvalue weighted by molar-refractivity contribution is 7.85. The normalized spacial score (nSPS) is 11.4. The Labute approximate surface area is 117 Å². The molecule has 19 heavy (non-hydrogen) atoms. The fraction of sp³-hybridized carbons (Fsp3) is 0.143. The minimum Gasteiger partial charge on any atom is -0.265 e. The average molecular weight is 297 g/mol. The molecular formula is C14H13ClO3S. The molecule has 0 spiro atoms. The van der Waals surface area contributed by atoms with Crippen molar-refractivity contribution in [3.8, 4) is 0 Å². The van der Waals surface area contributed by atoms with Crippen LogP contribution in [-0.4, -0.2) is 8.42 Å². The third kappa shape index (κ3) is 4.67. The molecule has 2 rings (SSSR count). The van der Waals surface area contributed by atoms with Crippen LogP contribution in [0.25, 0.3) is 0 Å². The first-order valence-electron chi connectivity index (χ1n) is 5.71. The second-order valence-corrected chi connectivity index (χ2v) is 6.16. The quantitative estimate of drug-likeness (QED) is 0.794. The van der Waals surface area contributed by atoms with Gasteiger partial charge in [0.2, 0.25) is 0 Å². The summed E-state index contributed by atoms with van der Waals surface area (Å²) in [6.45, 7) is -0.00424. The van der Waals surface area contributed by atoms with Gasteiger partial charge in [0.15, 0.2) is 0 Å². The van der Waals surface area contributed by atoms with Crippen molar-refractivity contribution in [3.63, 3.8) is 0 Å². The molecule has 0 unspecified atom stereocenters. The molecule has 0 radical (unpaired) electrons. The summed E-state index contributed by atoms with van der Waals surface area (Å²) in [5, 5.41) is 0.557. The van der Waals surface area contributed by atoms with Gasteiger partial charge < -0.3 is 0 Å². The molecule has 0 heterocycles. The van der Waals surface area contributed by atoms with Crippen molar-refractivity contribution in [2.75, 3.05) is 0 Å². The van der Waals surface area contributed by atoms with Crippen molar-refractivity contribution in [3.05, 3.63) is 70.7 Å². The van der Waals surface area contributed by atoms with E-state index >= 15 is 0 Å². The third-order valence-electron chi connectivity index (χ3n) is 2.48. The highest BCUT2D eigenvalue weighted by Gasteiger charge is 2.12. The zero-order chi connectivity index (χ0) is 13.7. The molecule has 0 atom stereocenters. The summed E-state index contributed by atoms with van der Waals surface area (Å²) in [4.78, 5) is 0. The number of benzene rings is 2. The van der Waals surface area contributed by atoms with Crippen molar-refractivity contribution in [1.82, 2.24) is 0 Å². The summed E-state index contributed by atoms with van der Waals surface area (Å²) in [6.07, 6.45) is 0. The molecule has 0 aliphatic rings. The SMILES string of the molecule is O=S(=O)(Cc1ccccc1)OCc1cccc(Cl)c1. The Bertz CT molecular complexity index is 639. The summed E-state index contributed by atoms with van der Waals surface area (Å²) < 4.78 is 28.6. The monoisotopic (exact) mass is 296 g/mol. The standard InChI is InChI=1S/C14H13ClO3S/c15-14-8-4-7-13(9-14)10-18-19(16,17)11-12-5-2-1-3-6-12/h1-9H,10-11H2. The zero-order valence-corrected chi connectivity index (χ0v) is 11.7. The predicted molar refractivity (Wildman–Crippen MR) is 75.3 cm³/mol. The maximum Gasteiger partial charge on any atom is 0.271 e. The van der Waals surface area contributed by atoms with Crippen LogP contribution in [0.1, 0.15) is 11.1 Å². The molecule has 0 bridgehead atoms. The molecule has 0 saturated heterocycles. The molecule has 2 aromatic rings. The minimum absolute atomic E-state index is 0.00424. The van der Waals surface area contributed by atoms with Crippen LogP contribution in [0.15, 0.2) is 54.6 Å². The Balaban J connectivity index is 1.98. The van der Waals surface area contributed by atoms with E-state index in [4.69, 9.17) is 15.8 Å². The van der Waals surface area contributed by atoms with Crippen LogP contribution < -0.4 is 0 Å². The first-order valence-corrected chi connectivity index (χ1v) is 7.66. The molecule has 100 valence electrons. The lowest BCUT2D eigenvalue weighted by Gasteiger charge is -2.06. The lowest BCUT2D eigenvalue weighted by atomic mass is 10.2. The van der Waals surface area contributed by atoms with Crippen LogP contribution in [0.2, 0.25) is 5.02 Å². The van der Waals surface area contributed by atoms with Crippen LogP contribution in [0, 0.1) is 0 Å². The summed E-state index contributed by atoms with van der Waals surface area (Å²) in [5.41, 5.74) is 1.43. The van der Waals surface area contributed by atoms with Crippen molar-refractivity contribution in [1.29, 1.82) is 0 Å². The maximum absolute atomic E-state index is 11.8. The van der Waals surface area contributed by atoms with Gasteiger partial charge in [-0.15, -0.1) is 0 Å². The molecule has 3 nitrogen and oxygen atoms in total. The largest absolute Gasteiger partial charge is 0.271 e. The Morgan fingerprint density at radius 1 is 0.947 bits per heavy atom. The van der Waals surface area contributed by atoms with Gasteiger partial charge in [-0.2, -0.15) is 8.42 Å². The van der Waals surface area contributed by atoms with Crippen molar-refractivity contribution >= 4 is 21.7 Å². The van der Waals surface area contributed by atoms with Crippen LogP contribution >= 0.6 is 11.6 Å². The van der Waals surface area contributed by atoms with Crippen LogP contribution in [0.3, 0.4) is 0 Å². The zero-order valence-electron chi connectivity index (χ0n) is 10.1. The fourth-order valence-corrected chi connectivity index (χ4v) is 2.82. The molecule has 0 saturated carbocycles. The summed E-state index contributed by atoms with van der Waals surface area (Å²) in [7, 11) is -3.59. The lowest BCUT2D eigenvalue weighted by molar-refractivity contribution is 0.307. The van der Waals surface area contributed by atoms with E-state index in [9.17, 15) is 8.42 Å². The molecule has 5 heteroatoms. The van der Waals surface area contributed by atoms with Crippen LogP contribution in [0.5, 0.6) is 0 Å². The Morgan fingerprint density at radius 2 is 1.63 bits per heavy atom. The number of rotatable bonds is 5. The molecular weight excluding hydrogens is 284 g/mol. The van der Waals surface area contributed by atoms with Gasteiger partial charge in [-0.25, -0.2) is 0 Å². The van der Waals surface area contributed by atoms with E-state index in [1.165, 1.54) is 0 Å². The molecule has 0 N–H and O–H groups in total. The van der Waals surface area contributed by atoms with Gasteiger partial charge in [0, 0.05) is 5.02 Å². The van der Waals surface area contributed by atoms with E-state index in [-0.39, 0.29) is 12.4 Å². The van der Waals surface area contributed by atoms with Gasteiger partial charge in [-0.1, -0.05) is 54.1 Å². The van der Waals surface area contributed by atoms with E-state index in [0.717, 1.165) is 5.56 Å². The van der Waals surface area contributed by atoms with E-state index in [0.29, 0.717) is 10.6 Å². The predicted octanol–water partition coefficient (Wildman–Crippen LogP) is 3.39. The topological polar surface area (TPSA) is 43.4 Å². The van der Waals surface area contributed by atoms with Gasteiger partial charge in [0.25, 0.3) is 10.1 Å². The molecule has 0 amide bonds. The van der Waals surface area contributed by atoms with Crippen molar-refractivity contribution < 1.29 is 12.6 Å². The lowest BCUT2D eigenvalue weighted by Crippen LogP contribution is -2.08. The Morgan fingerprint density at radius 3 is 2.32 bits per heavy atom. The summed E-state index contributed by atoms with van der Waals surface area (Å²) >= 11 is 5.82. The molecule has 0 fully saturated rings. The first kappa shape index (κ1) is 14.1. The van der Waals surface area contributed by atoms with E-state index in [2.05, 4.69) is 0 Å². The fourth-order valence-electron chi connectivity index (χ4n) is 1.60. The second kappa shape index (κ2) is 6.19. The number of hydrogen-bond acceptors (Lipinski definition) is 3. The highest BCUT2D eigenvalue weighted by atomic mass is 35.5.